The van der Waals surface area contributed by atoms with Gasteiger partial charge < -0.3 is 0 Å². The van der Waals surface area contributed by atoms with Crippen molar-refractivity contribution >= 4 is 40.8 Å². The molecule has 0 radical (unpaired) electrons. The van der Waals surface area contributed by atoms with Crippen LogP contribution in [0.25, 0.3) is 0 Å². The molecule has 1 rings (SSSR count). The van der Waals surface area contributed by atoms with Crippen LogP contribution in [-0.2, 0) is 15.8 Å². The molecule has 0 bridgehead atoms. The fraction of sp³-hybridized carbons (Fsp3) is 0.417. The van der Waals surface area contributed by atoms with Crippen molar-refractivity contribution in [2.75, 3.05) is 4.90 Å². The van der Waals surface area contributed by atoms with Crippen molar-refractivity contribution < 1.29 is 22.8 Å². The van der Waals surface area contributed by atoms with E-state index in [2.05, 4.69) is 4.98 Å². The summed E-state index contributed by atoms with van der Waals surface area (Å²) in [6.45, 7) is 3.00. The maximum absolute atomic E-state index is 12.7. The van der Waals surface area contributed by atoms with E-state index in [0.29, 0.717) is 11.0 Å². The zero-order chi connectivity index (χ0) is 16.4. The van der Waals surface area contributed by atoms with Gasteiger partial charge in [-0.3, -0.25) is 9.59 Å². The second-order valence-corrected chi connectivity index (χ2v) is 4.73. The molecule has 0 fully saturated rings. The molecule has 2 amide bonds. The number of carbonyl (C=O) groups is 2. The number of carbonyl (C=O) groups excluding carboxylic acids is 2. The number of halogens is 5. The standard InChI is InChI=1S/C12H11Cl2F3N2O2/c1-3-8(20)19(9(21)4-2)11-7(13)5-6(10(14)18-11)12(15,16)17/h5H,3-4H2,1-2H3. The van der Waals surface area contributed by atoms with Crippen molar-refractivity contribution in [2.45, 2.75) is 32.9 Å². The van der Waals surface area contributed by atoms with E-state index >= 15 is 0 Å². The van der Waals surface area contributed by atoms with Gasteiger partial charge in [0.1, 0.15) is 5.15 Å². The molecule has 0 aliphatic carbocycles. The molecule has 0 spiro atoms. The highest BCUT2D eigenvalue weighted by molar-refractivity contribution is 6.36. The Balaban J connectivity index is 3.44. The molecule has 1 heterocycles. The molecular weight excluding hydrogens is 332 g/mol. The Bertz CT molecular complexity index is 560. The van der Waals surface area contributed by atoms with Gasteiger partial charge in [0.2, 0.25) is 11.8 Å². The van der Waals surface area contributed by atoms with Crippen LogP contribution in [0.3, 0.4) is 0 Å². The summed E-state index contributed by atoms with van der Waals surface area (Å²) in [6.07, 6.45) is -4.81. The van der Waals surface area contributed by atoms with Crippen LogP contribution in [0.15, 0.2) is 6.07 Å². The number of pyridine rings is 1. The third-order valence-electron chi connectivity index (χ3n) is 2.53. The first-order valence-electron chi connectivity index (χ1n) is 5.92. The second-order valence-electron chi connectivity index (χ2n) is 3.96. The quantitative estimate of drug-likeness (QED) is 0.777. The highest BCUT2D eigenvalue weighted by Crippen LogP contribution is 2.38. The number of hydrogen-bond acceptors (Lipinski definition) is 3. The molecule has 0 aliphatic heterocycles. The summed E-state index contributed by atoms with van der Waals surface area (Å²) in [4.78, 5) is 27.7. The Morgan fingerprint density at radius 1 is 1.19 bits per heavy atom. The number of aromatic nitrogens is 1. The molecule has 116 valence electrons. The van der Waals surface area contributed by atoms with Crippen LogP contribution < -0.4 is 4.90 Å². The van der Waals surface area contributed by atoms with Gasteiger partial charge in [-0.05, 0) is 6.07 Å². The Morgan fingerprint density at radius 2 is 1.67 bits per heavy atom. The lowest BCUT2D eigenvalue weighted by Gasteiger charge is -2.21. The van der Waals surface area contributed by atoms with Crippen molar-refractivity contribution in [3.8, 4) is 0 Å². The van der Waals surface area contributed by atoms with E-state index in [4.69, 9.17) is 23.2 Å². The van der Waals surface area contributed by atoms with Crippen molar-refractivity contribution in [2.24, 2.45) is 0 Å². The van der Waals surface area contributed by atoms with Crippen molar-refractivity contribution in [1.29, 1.82) is 0 Å². The fourth-order valence-corrected chi connectivity index (χ4v) is 1.98. The lowest BCUT2D eigenvalue weighted by atomic mass is 10.2. The monoisotopic (exact) mass is 342 g/mol. The van der Waals surface area contributed by atoms with E-state index in [0.717, 1.165) is 0 Å². The summed E-state index contributed by atoms with van der Waals surface area (Å²) >= 11 is 11.2. The van der Waals surface area contributed by atoms with Gasteiger partial charge in [0.25, 0.3) is 0 Å². The number of nitrogens with zero attached hydrogens (tertiary/aromatic N) is 2. The van der Waals surface area contributed by atoms with Crippen LogP contribution in [0.2, 0.25) is 10.2 Å². The minimum Gasteiger partial charge on any atom is -0.274 e. The first-order chi connectivity index (χ1) is 9.63. The molecule has 1 aromatic rings. The first-order valence-corrected chi connectivity index (χ1v) is 6.68. The van der Waals surface area contributed by atoms with Gasteiger partial charge in [-0.15, -0.1) is 0 Å². The van der Waals surface area contributed by atoms with Gasteiger partial charge in [-0.2, -0.15) is 13.2 Å². The van der Waals surface area contributed by atoms with Gasteiger partial charge in [-0.25, -0.2) is 9.88 Å². The van der Waals surface area contributed by atoms with Gasteiger partial charge in [0, 0.05) is 12.8 Å². The Morgan fingerprint density at radius 3 is 2.05 bits per heavy atom. The topological polar surface area (TPSA) is 50.3 Å². The zero-order valence-corrected chi connectivity index (χ0v) is 12.6. The summed E-state index contributed by atoms with van der Waals surface area (Å²) in [6, 6.07) is 0.547. The van der Waals surface area contributed by atoms with Crippen molar-refractivity contribution in [1.82, 2.24) is 4.98 Å². The number of anilines is 1. The van der Waals surface area contributed by atoms with Crippen LogP contribution in [-0.4, -0.2) is 16.8 Å². The average Bonchev–Trinajstić information content (AvgIpc) is 2.40. The van der Waals surface area contributed by atoms with Gasteiger partial charge >= 0.3 is 6.18 Å². The fourth-order valence-electron chi connectivity index (χ4n) is 1.50. The highest BCUT2D eigenvalue weighted by Gasteiger charge is 2.36. The third kappa shape index (κ3) is 3.85. The van der Waals surface area contributed by atoms with Crippen molar-refractivity contribution in [3.05, 3.63) is 21.8 Å². The summed E-state index contributed by atoms with van der Waals surface area (Å²) < 4.78 is 38.0. The first kappa shape index (κ1) is 17.7. The summed E-state index contributed by atoms with van der Waals surface area (Å²) in [7, 11) is 0. The van der Waals surface area contributed by atoms with E-state index < -0.39 is 39.5 Å². The van der Waals surface area contributed by atoms with E-state index in [1.807, 2.05) is 0 Å². The van der Waals surface area contributed by atoms with Crippen LogP contribution in [0.4, 0.5) is 19.0 Å². The molecule has 0 saturated carbocycles. The van der Waals surface area contributed by atoms with Gasteiger partial charge in [-0.1, -0.05) is 37.0 Å². The SMILES string of the molecule is CCC(=O)N(C(=O)CC)c1nc(Cl)c(C(F)(F)F)cc1Cl. The van der Waals surface area contributed by atoms with E-state index in [-0.39, 0.29) is 12.8 Å². The number of hydrogen-bond donors (Lipinski definition) is 0. The molecule has 9 heteroatoms. The van der Waals surface area contributed by atoms with E-state index in [1.165, 1.54) is 13.8 Å². The highest BCUT2D eigenvalue weighted by atomic mass is 35.5. The zero-order valence-electron chi connectivity index (χ0n) is 11.1. The summed E-state index contributed by atoms with van der Waals surface area (Å²) in [5.41, 5.74) is -1.23. The molecule has 0 atom stereocenters. The minimum absolute atomic E-state index is 0.0393. The molecule has 1 aromatic heterocycles. The van der Waals surface area contributed by atoms with E-state index in [1.54, 1.807) is 0 Å². The molecule has 0 saturated heterocycles. The maximum Gasteiger partial charge on any atom is 0.419 e. The second kappa shape index (κ2) is 6.62. The molecular formula is C12H11Cl2F3N2O2. The number of rotatable bonds is 3. The molecule has 0 unspecified atom stereocenters. The van der Waals surface area contributed by atoms with Gasteiger partial charge in [0.05, 0.1) is 10.6 Å². The number of alkyl halides is 3. The van der Waals surface area contributed by atoms with Crippen LogP contribution >= 0.6 is 23.2 Å². The summed E-state index contributed by atoms with van der Waals surface area (Å²) in [5, 5.41) is -1.35. The lowest BCUT2D eigenvalue weighted by Crippen LogP contribution is -2.37. The van der Waals surface area contributed by atoms with Crippen molar-refractivity contribution in [3.63, 3.8) is 0 Å². The van der Waals surface area contributed by atoms with E-state index in [9.17, 15) is 22.8 Å². The Kier molecular flexibility index (Phi) is 5.58. The Hall–Kier alpha value is -1.34. The Labute approximate surface area is 128 Å². The number of imide groups is 1. The molecule has 0 aliphatic rings. The van der Waals surface area contributed by atoms with Crippen LogP contribution in [0.1, 0.15) is 32.3 Å². The molecule has 21 heavy (non-hydrogen) atoms. The maximum atomic E-state index is 12.7. The molecule has 4 nitrogen and oxygen atoms in total. The van der Waals surface area contributed by atoms with Crippen LogP contribution in [0, 0.1) is 0 Å². The number of amides is 2. The smallest absolute Gasteiger partial charge is 0.274 e. The predicted molar refractivity (Wildman–Crippen MR) is 72.3 cm³/mol. The molecule has 0 aromatic carbocycles. The third-order valence-corrected chi connectivity index (χ3v) is 3.10. The summed E-state index contributed by atoms with van der Waals surface area (Å²) in [5.74, 6) is -1.66. The van der Waals surface area contributed by atoms with Crippen LogP contribution in [0.5, 0.6) is 0 Å². The van der Waals surface area contributed by atoms with Gasteiger partial charge in [0.15, 0.2) is 5.82 Å². The minimum atomic E-state index is -4.74. The predicted octanol–water partition coefficient (Wildman–Crippen LogP) is 4.09. The largest absolute Gasteiger partial charge is 0.419 e. The normalized spacial score (nSPS) is 11.4. The lowest BCUT2D eigenvalue weighted by molar-refractivity contribution is -0.137. The molecule has 0 N–H and O–H groups in total. The average molecular weight is 343 g/mol.